The number of benzene rings is 2. The Morgan fingerprint density at radius 2 is 1.87 bits per heavy atom. The number of nitrogens with zero attached hydrogens (tertiary/aromatic N) is 3. The highest BCUT2D eigenvalue weighted by Crippen LogP contribution is 2.27. The number of aliphatic hydroxyl groups is 1. The molecule has 1 N–H and O–H groups in total. The Labute approximate surface area is 179 Å². The van der Waals surface area contributed by atoms with E-state index in [1.165, 1.54) is 27.8 Å². The predicted octanol–water partition coefficient (Wildman–Crippen LogP) is 3.37. The van der Waals surface area contributed by atoms with Crippen molar-refractivity contribution in [2.24, 2.45) is 0 Å². The second-order valence-corrected chi connectivity index (χ2v) is 8.46. The van der Waals surface area contributed by atoms with E-state index in [1.807, 2.05) is 0 Å². The number of β-amino-alcohol motifs (C(OH)–C–C–N with tert-alkyl or cyclic N) is 1. The lowest BCUT2D eigenvalue weighted by Crippen LogP contribution is -2.48. The zero-order valence-electron chi connectivity index (χ0n) is 16.6. The lowest BCUT2D eigenvalue weighted by atomic mass is 10.1. The highest BCUT2D eigenvalue weighted by atomic mass is 32.1. The zero-order valence-corrected chi connectivity index (χ0v) is 17.5. The molecule has 2 heterocycles. The van der Waals surface area contributed by atoms with Crippen LogP contribution in [0.2, 0.25) is 0 Å². The van der Waals surface area contributed by atoms with Crippen LogP contribution in [-0.4, -0.2) is 65.3 Å². The van der Waals surface area contributed by atoms with Crippen LogP contribution in [0, 0.1) is 10.1 Å². The summed E-state index contributed by atoms with van der Waals surface area (Å²) in [5, 5.41) is 24.8. The number of nitro benzene ring substituents is 1. The summed E-state index contributed by atoms with van der Waals surface area (Å²) >= 11 is 1.80. The molecule has 7 nitrogen and oxygen atoms in total. The average molecular weight is 428 g/mol. The first-order chi connectivity index (χ1) is 14.6. The molecule has 0 unspecified atom stereocenters. The molecule has 1 fully saturated rings. The predicted molar refractivity (Wildman–Crippen MR) is 118 cm³/mol. The van der Waals surface area contributed by atoms with Gasteiger partial charge in [-0.15, -0.1) is 11.3 Å². The van der Waals surface area contributed by atoms with E-state index < -0.39 is 11.0 Å². The number of nitro groups is 1. The number of piperazine rings is 1. The van der Waals surface area contributed by atoms with Crippen molar-refractivity contribution < 1.29 is 14.8 Å². The summed E-state index contributed by atoms with van der Waals surface area (Å²) in [5.41, 5.74) is 1.37. The molecular weight excluding hydrogens is 402 g/mol. The molecule has 0 saturated carbocycles. The highest BCUT2D eigenvalue weighted by Gasteiger charge is 2.20. The number of rotatable bonds is 8. The van der Waals surface area contributed by atoms with E-state index in [0.717, 1.165) is 32.7 Å². The van der Waals surface area contributed by atoms with Crippen LogP contribution >= 0.6 is 11.3 Å². The summed E-state index contributed by atoms with van der Waals surface area (Å²) in [6.45, 7) is 5.32. The van der Waals surface area contributed by atoms with Crippen molar-refractivity contribution in [1.29, 1.82) is 0 Å². The van der Waals surface area contributed by atoms with Crippen molar-refractivity contribution in [3.05, 3.63) is 69.6 Å². The first-order valence-electron chi connectivity index (χ1n) is 10.0. The molecule has 0 bridgehead atoms. The first-order valence-corrected chi connectivity index (χ1v) is 10.9. The molecule has 0 spiro atoms. The van der Waals surface area contributed by atoms with E-state index in [1.54, 1.807) is 23.5 Å². The normalized spacial score (nSPS) is 16.6. The molecule has 0 aliphatic carbocycles. The molecular formula is C22H25N3O4S. The fourth-order valence-corrected chi connectivity index (χ4v) is 4.71. The summed E-state index contributed by atoms with van der Waals surface area (Å²) in [4.78, 5) is 15.1. The van der Waals surface area contributed by atoms with Gasteiger partial charge in [0.15, 0.2) is 0 Å². The van der Waals surface area contributed by atoms with Gasteiger partial charge >= 0.3 is 0 Å². The van der Waals surface area contributed by atoms with Crippen molar-refractivity contribution in [3.8, 4) is 5.75 Å². The Bertz CT molecular complexity index is 1000. The van der Waals surface area contributed by atoms with Crippen LogP contribution in [0.1, 0.15) is 5.56 Å². The van der Waals surface area contributed by atoms with Gasteiger partial charge < -0.3 is 9.84 Å². The van der Waals surface area contributed by atoms with Crippen molar-refractivity contribution >= 4 is 27.1 Å². The van der Waals surface area contributed by atoms with Crippen LogP contribution in [0.3, 0.4) is 0 Å². The molecule has 3 aromatic rings. The molecule has 2 aromatic carbocycles. The SMILES string of the molecule is O=[N+]([O-])c1cccc(OC[C@@H](O)CN2CCN(Cc3csc4ccccc34)CC2)c1. The number of hydrogen-bond acceptors (Lipinski definition) is 7. The second-order valence-electron chi connectivity index (χ2n) is 7.55. The maximum absolute atomic E-state index is 10.8. The number of fused-ring (bicyclic) bond motifs is 1. The highest BCUT2D eigenvalue weighted by molar-refractivity contribution is 7.17. The molecule has 0 amide bonds. The van der Waals surface area contributed by atoms with Crippen LogP contribution in [0.15, 0.2) is 53.9 Å². The van der Waals surface area contributed by atoms with Crippen LogP contribution in [-0.2, 0) is 6.54 Å². The lowest BCUT2D eigenvalue weighted by molar-refractivity contribution is -0.384. The topological polar surface area (TPSA) is 79.1 Å². The molecule has 158 valence electrons. The summed E-state index contributed by atoms with van der Waals surface area (Å²) in [5.74, 6) is 0.399. The van der Waals surface area contributed by atoms with E-state index in [2.05, 4.69) is 39.4 Å². The average Bonchev–Trinajstić information content (AvgIpc) is 3.17. The number of hydrogen-bond donors (Lipinski definition) is 1. The van der Waals surface area contributed by atoms with Gasteiger partial charge in [0.2, 0.25) is 0 Å². The van der Waals surface area contributed by atoms with Crippen LogP contribution in [0.4, 0.5) is 5.69 Å². The summed E-state index contributed by atoms with van der Waals surface area (Å²) in [7, 11) is 0. The van der Waals surface area contributed by atoms with Gasteiger partial charge in [0, 0.05) is 50.0 Å². The van der Waals surface area contributed by atoms with Gasteiger partial charge in [0.25, 0.3) is 5.69 Å². The summed E-state index contributed by atoms with van der Waals surface area (Å²) in [6, 6.07) is 14.6. The molecule has 8 heteroatoms. The number of ether oxygens (including phenoxy) is 1. The van der Waals surface area contributed by atoms with Gasteiger partial charge in [-0.05, 0) is 28.5 Å². The van der Waals surface area contributed by atoms with Gasteiger partial charge in [0.1, 0.15) is 18.5 Å². The standard InChI is InChI=1S/C22H25N3O4S/c26-19(15-29-20-5-3-4-18(12-20)25(27)28)14-24-10-8-23(9-11-24)13-17-16-30-22-7-2-1-6-21(17)22/h1-7,12,16,19,26H,8-11,13-15H2/t19-/m0/s1. The van der Waals surface area contributed by atoms with E-state index in [9.17, 15) is 15.2 Å². The molecule has 4 rings (SSSR count). The Kier molecular flexibility index (Phi) is 6.59. The Morgan fingerprint density at radius 1 is 1.10 bits per heavy atom. The third kappa shape index (κ3) is 5.14. The summed E-state index contributed by atoms with van der Waals surface area (Å²) < 4.78 is 6.87. The first kappa shape index (κ1) is 20.7. The number of aliphatic hydroxyl groups excluding tert-OH is 1. The van der Waals surface area contributed by atoms with Crippen molar-refractivity contribution in [2.45, 2.75) is 12.6 Å². The van der Waals surface area contributed by atoms with E-state index in [-0.39, 0.29) is 12.3 Å². The molecule has 1 saturated heterocycles. The van der Waals surface area contributed by atoms with Crippen molar-refractivity contribution in [2.75, 3.05) is 39.3 Å². The quantitative estimate of drug-likeness (QED) is 0.439. The molecule has 1 aliphatic heterocycles. The third-order valence-corrected chi connectivity index (χ3v) is 6.37. The van der Waals surface area contributed by atoms with Crippen LogP contribution in [0.25, 0.3) is 10.1 Å². The van der Waals surface area contributed by atoms with E-state index in [0.29, 0.717) is 12.3 Å². The minimum atomic E-state index is -0.642. The third-order valence-electron chi connectivity index (χ3n) is 5.36. The smallest absolute Gasteiger partial charge is 0.273 e. The molecule has 0 radical (unpaired) electrons. The Morgan fingerprint density at radius 3 is 2.67 bits per heavy atom. The van der Waals surface area contributed by atoms with Crippen LogP contribution in [0.5, 0.6) is 5.75 Å². The molecule has 1 atom stereocenters. The molecule has 1 aromatic heterocycles. The zero-order chi connectivity index (χ0) is 20.9. The molecule has 1 aliphatic rings. The maximum atomic E-state index is 10.8. The van der Waals surface area contributed by atoms with Gasteiger partial charge in [-0.3, -0.25) is 19.9 Å². The van der Waals surface area contributed by atoms with E-state index in [4.69, 9.17) is 4.74 Å². The summed E-state index contributed by atoms with van der Waals surface area (Å²) in [6.07, 6.45) is -0.642. The lowest BCUT2D eigenvalue weighted by Gasteiger charge is -2.35. The minimum Gasteiger partial charge on any atom is -0.491 e. The number of non-ortho nitro benzene ring substituents is 1. The van der Waals surface area contributed by atoms with Gasteiger partial charge in [-0.2, -0.15) is 0 Å². The van der Waals surface area contributed by atoms with E-state index >= 15 is 0 Å². The van der Waals surface area contributed by atoms with Gasteiger partial charge in [-0.25, -0.2) is 0 Å². The van der Waals surface area contributed by atoms with Gasteiger partial charge in [0.05, 0.1) is 11.0 Å². The van der Waals surface area contributed by atoms with Crippen molar-refractivity contribution in [1.82, 2.24) is 9.80 Å². The Balaban J connectivity index is 1.21. The van der Waals surface area contributed by atoms with Crippen molar-refractivity contribution in [3.63, 3.8) is 0 Å². The monoisotopic (exact) mass is 427 g/mol. The number of thiophene rings is 1. The fraction of sp³-hybridized carbons (Fsp3) is 0.364. The molecule has 30 heavy (non-hydrogen) atoms. The minimum absolute atomic E-state index is 0.0171. The Hall–Kier alpha value is -2.52. The largest absolute Gasteiger partial charge is 0.491 e. The van der Waals surface area contributed by atoms with Crippen LogP contribution < -0.4 is 4.74 Å². The second kappa shape index (κ2) is 9.53. The maximum Gasteiger partial charge on any atom is 0.273 e. The fourth-order valence-electron chi connectivity index (χ4n) is 3.76. The van der Waals surface area contributed by atoms with Gasteiger partial charge in [-0.1, -0.05) is 24.3 Å².